The fourth-order valence-corrected chi connectivity index (χ4v) is 6.08. The standard InChI is InChI=1S/C32H31N5O4/c1-20-14-21(15-24-18-33-35-30(20)24)16-28(29-17-22-6-3-5-9-27(22)40-29)41-32(39)36-12-10-25(11-13-36)37-19-23-7-2-4-8-26(23)34-31(37)38/h2-9,14-15,17-18,25,28H,10-13,16,19H2,1H3,(H,33,35)(H,34,38). The first-order chi connectivity index (χ1) is 20.0. The first kappa shape index (κ1) is 25.2. The summed E-state index contributed by atoms with van der Waals surface area (Å²) in [6.07, 6.45) is 2.69. The van der Waals surface area contributed by atoms with Crippen molar-refractivity contribution in [3.8, 4) is 0 Å². The Hall–Kier alpha value is -4.79. The molecule has 1 saturated heterocycles. The van der Waals surface area contributed by atoms with Crippen molar-refractivity contribution in [2.75, 3.05) is 18.4 Å². The van der Waals surface area contributed by atoms with Crippen LogP contribution in [0.3, 0.4) is 0 Å². The molecule has 7 rings (SSSR count). The number of nitrogens with one attached hydrogen (secondary N) is 2. The van der Waals surface area contributed by atoms with Crippen LogP contribution >= 0.6 is 0 Å². The predicted molar refractivity (Wildman–Crippen MR) is 156 cm³/mol. The number of furan rings is 1. The van der Waals surface area contributed by atoms with Gasteiger partial charge in [-0.25, -0.2) is 9.59 Å². The Balaban J connectivity index is 1.07. The lowest BCUT2D eigenvalue weighted by Crippen LogP contribution is -2.51. The Bertz CT molecular complexity index is 1720. The van der Waals surface area contributed by atoms with E-state index < -0.39 is 6.10 Å². The van der Waals surface area contributed by atoms with Crippen molar-refractivity contribution in [3.63, 3.8) is 0 Å². The molecule has 2 aliphatic heterocycles. The molecule has 2 N–H and O–H groups in total. The van der Waals surface area contributed by atoms with E-state index in [2.05, 4.69) is 27.6 Å². The third-order valence-corrected chi connectivity index (χ3v) is 8.26. The van der Waals surface area contributed by atoms with Gasteiger partial charge in [-0.1, -0.05) is 42.5 Å². The molecule has 0 aliphatic carbocycles. The number of nitrogens with zero attached hydrogens (tertiary/aromatic N) is 3. The van der Waals surface area contributed by atoms with E-state index >= 15 is 0 Å². The highest BCUT2D eigenvalue weighted by atomic mass is 16.6. The maximum absolute atomic E-state index is 13.5. The lowest BCUT2D eigenvalue weighted by Gasteiger charge is -2.40. The summed E-state index contributed by atoms with van der Waals surface area (Å²) in [6, 6.07) is 21.8. The average molecular weight is 550 g/mol. The summed E-state index contributed by atoms with van der Waals surface area (Å²) in [5.41, 5.74) is 5.84. The van der Waals surface area contributed by atoms with E-state index in [0.717, 1.165) is 44.2 Å². The summed E-state index contributed by atoms with van der Waals surface area (Å²) in [5, 5.41) is 12.2. The molecule has 41 heavy (non-hydrogen) atoms. The number of likely N-dealkylation sites (tertiary alicyclic amines) is 1. The molecule has 9 heteroatoms. The van der Waals surface area contributed by atoms with Crippen molar-refractivity contribution < 1.29 is 18.7 Å². The number of rotatable bonds is 5. The molecule has 3 aromatic carbocycles. The number of urea groups is 1. The second-order valence-corrected chi connectivity index (χ2v) is 10.9. The zero-order valence-corrected chi connectivity index (χ0v) is 22.8. The van der Waals surface area contributed by atoms with Crippen LogP contribution in [0.15, 0.2) is 77.3 Å². The van der Waals surface area contributed by atoms with Gasteiger partial charge in [-0.15, -0.1) is 0 Å². The van der Waals surface area contributed by atoms with Gasteiger partial charge in [-0.05, 0) is 60.7 Å². The summed E-state index contributed by atoms with van der Waals surface area (Å²) >= 11 is 0. The molecule has 2 aliphatic rings. The lowest BCUT2D eigenvalue weighted by molar-refractivity contribution is 0.0407. The van der Waals surface area contributed by atoms with E-state index in [4.69, 9.17) is 9.15 Å². The number of aromatic nitrogens is 2. The van der Waals surface area contributed by atoms with E-state index in [1.54, 1.807) is 11.1 Å². The highest BCUT2D eigenvalue weighted by Gasteiger charge is 2.34. The highest BCUT2D eigenvalue weighted by Crippen LogP contribution is 2.32. The topological polar surface area (TPSA) is 104 Å². The minimum atomic E-state index is -0.597. The van der Waals surface area contributed by atoms with Crippen molar-refractivity contribution in [2.24, 2.45) is 0 Å². The summed E-state index contributed by atoms with van der Waals surface area (Å²) in [4.78, 5) is 29.9. The smallest absolute Gasteiger partial charge is 0.410 e. The van der Waals surface area contributed by atoms with Crippen LogP contribution in [-0.2, 0) is 17.7 Å². The molecule has 3 amide bonds. The van der Waals surface area contributed by atoms with E-state index in [-0.39, 0.29) is 18.2 Å². The Morgan fingerprint density at radius 1 is 1.07 bits per heavy atom. The Morgan fingerprint density at radius 2 is 1.88 bits per heavy atom. The van der Waals surface area contributed by atoms with Gasteiger partial charge in [0.1, 0.15) is 11.3 Å². The number of amides is 3. The first-order valence-electron chi connectivity index (χ1n) is 14.0. The SMILES string of the molecule is Cc1cc(CC(OC(=O)N2CCC(N3Cc4ccccc4NC3=O)CC2)c2cc3ccccc3o2)cc2cn[nH]c12. The minimum absolute atomic E-state index is 0.0586. The molecular formula is C32H31N5O4. The Kier molecular flexibility index (Phi) is 6.34. The zero-order chi connectivity index (χ0) is 27.9. The molecule has 0 radical (unpaired) electrons. The molecular weight excluding hydrogens is 518 g/mol. The number of aryl methyl sites for hydroxylation is 1. The summed E-state index contributed by atoms with van der Waals surface area (Å²) < 4.78 is 12.3. The number of benzene rings is 3. The van der Waals surface area contributed by atoms with Crippen LogP contribution in [0.25, 0.3) is 21.9 Å². The number of hydrogen-bond donors (Lipinski definition) is 2. The molecule has 2 aromatic heterocycles. The molecule has 1 unspecified atom stereocenters. The molecule has 0 bridgehead atoms. The van der Waals surface area contributed by atoms with Crippen LogP contribution in [0, 0.1) is 6.92 Å². The van der Waals surface area contributed by atoms with E-state index in [1.807, 2.05) is 66.4 Å². The van der Waals surface area contributed by atoms with Gasteiger partial charge in [0, 0.05) is 48.6 Å². The van der Waals surface area contributed by atoms with E-state index in [1.165, 1.54) is 0 Å². The fraction of sp³-hybridized carbons (Fsp3) is 0.281. The minimum Gasteiger partial charge on any atom is -0.457 e. The molecule has 0 saturated carbocycles. The molecule has 1 fully saturated rings. The van der Waals surface area contributed by atoms with Crippen LogP contribution in [0.2, 0.25) is 0 Å². The Labute approximate surface area is 237 Å². The molecule has 208 valence electrons. The second-order valence-electron chi connectivity index (χ2n) is 10.9. The van der Waals surface area contributed by atoms with Gasteiger partial charge in [-0.2, -0.15) is 5.10 Å². The van der Waals surface area contributed by atoms with Crippen molar-refractivity contribution in [1.29, 1.82) is 0 Å². The zero-order valence-electron chi connectivity index (χ0n) is 22.8. The number of carbonyl (C=O) groups excluding carboxylic acids is 2. The molecule has 5 aromatic rings. The Morgan fingerprint density at radius 3 is 2.73 bits per heavy atom. The molecule has 4 heterocycles. The monoisotopic (exact) mass is 549 g/mol. The van der Waals surface area contributed by atoms with Crippen molar-refractivity contribution in [1.82, 2.24) is 20.0 Å². The number of hydrogen-bond acceptors (Lipinski definition) is 5. The molecule has 9 nitrogen and oxygen atoms in total. The van der Waals surface area contributed by atoms with Gasteiger partial charge in [-0.3, -0.25) is 5.10 Å². The quantitative estimate of drug-likeness (QED) is 0.259. The molecule has 1 atom stereocenters. The largest absolute Gasteiger partial charge is 0.457 e. The number of piperidine rings is 1. The summed E-state index contributed by atoms with van der Waals surface area (Å²) in [6.45, 7) is 3.65. The number of anilines is 1. The number of carbonyl (C=O) groups is 2. The summed E-state index contributed by atoms with van der Waals surface area (Å²) in [5.74, 6) is 0.614. The van der Waals surface area contributed by atoms with Crippen LogP contribution in [0.4, 0.5) is 15.3 Å². The maximum Gasteiger partial charge on any atom is 0.410 e. The third kappa shape index (κ3) is 4.88. The number of aromatic amines is 1. The second kappa shape index (κ2) is 10.3. The van der Waals surface area contributed by atoms with E-state index in [0.29, 0.717) is 44.7 Å². The van der Waals surface area contributed by atoms with Gasteiger partial charge in [0.05, 0.1) is 11.7 Å². The van der Waals surface area contributed by atoms with E-state index in [9.17, 15) is 9.59 Å². The number of fused-ring (bicyclic) bond motifs is 3. The van der Waals surface area contributed by atoms with Crippen LogP contribution < -0.4 is 5.32 Å². The van der Waals surface area contributed by atoms with Crippen molar-refractivity contribution in [2.45, 2.75) is 44.9 Å². The number of para-hydroxylation sites is 2. The highest BCUT2D eigenvalue weighted by molar-refractivity contribution is 5.92. The van der Waals surface area contributed by atoms with Gasteiger partial charge in [0.2, 0.25) is 0 Å². The van der Waals surface area contributed by atoms with Gasteiger partial charge in [0.15, 0.2) is 6.10 Å². The predicted octanol–water partition coefficient (Wildman–Crippen LogP) is 6.55. The first-order valence-corrected chi connectivity index (χ1v) is 14.0. The number of H-pyrrole nitrogens is 1. The maximum atomic E-state index is 13.5. The van der Waals surface area contributed by atoms with Gasteiger partial charge in [0.25, 0.3) is 0 Å². The average Bonchev–Trinajstić information content (AvgIpc) is 3.64. The fourth-order valence-electron chi connectivity index (χ4n) is 6.08. The third-order valence-electron chi connectivity index (χ3n) is 8.26. The van der Waals surface area contributed by atoms with Crippen LogP contribution in [0.5, 0.6) is 0 Å². The van der Waals surface area contributed by atoms with Crippen molar-refractivity contribution in [3.05, 3.63) is 95.4 Å². The van der Waals surface area contributed by atoms with Crippen LogP contribution in [-0.4, -0.2) is 51.3 Å². The lowest BCUT2D eigenvalue weighted by atomic mass is 10.0. The van der Waals surface area contributed by atoms with Gasteiger partial charge >= 0.3 is 12.1 Å². The number of ether oxygens (including phenoxy) is 1. The summed E-state index contributed by atoms with van der Waals surface area (Å²) in [7, 11) is 0. The molecule has 0 spiro atoms. The normalized spacial score (nSPS) is 16.6. The van der Waals surface area contributed by atoms with Crippen LogP contribution in [0.1, 0.15) is 41.4 Å². The van der Waals surface area contributed by atoms with Crippen molar-refractivity contribution >= 4 is 39.7 Å². The van der Waals surface area contributed by atoms with Gasteiger partial charge < -0.3 is 24.3 Å².